The number of benzene rings is 1. The van der Waals surface area contributed by atoms with Crippen LogP contribution in [0, 0.1) is 0 Å². The lowest BCUT2D eigenvalue weighted by Crippen LogP contribution is -2.20. The average molecular weight is 275 g/mol. The fourth-order valence-corrected chi connectivity index (χ4v) is 2.49. The first kappa shape index (κ1) is 12.8. The average Bonchev–Trinajstić information content (AvgIpc) is 2.67. The molecule has 1 aromatic heterocycles. The third kappa shape index (κ3) is 2.19. The van der Waals surface area contributed by atoms with Gasteiger partial charge in [0.05, 0.1) is 17.2 Å². The van der Waals surface area contributed by atoms with E-state index in [4.69, 9.17) is 5.11 Å². The van der Waals surface area contributed by atoms with Gasteiger partial charge < -0.3 is 5.11 Å². The summed E-state index contributed by atoms with van der Waals surface area (Å²) < 4.78 is 39.4. The van der Waals surface area contributed by atoms with E-state index in [1.54, 1.807) is 6.07 Å². The second kappa shape index (κ2) is 4.58. The number of aliphatic hydroxyl groups excluding tert-OH is 1. The van der Waals surface area contributed by atoms with Crippen molar-refractivity contribution < 1.29 is 18.3 Å². The summed E-state index contributed by atoms with van der Waals surface area (Å²) in [6.07, 6.45) is -4.69. The van der Waals surface area contributed by atoms with E-state index < -0.39 is 23.4 Å². The van der Waals surface area contributed by atoms with Crippen LogP contribution in [0.15, 0.2) is 35.1 Å². The summed E-state index contributed by atoms with van der Waals surface area (Å²) >= 11 is 0.400. The summed E-state index contributed by atoms with van der Waals surface area (Å²) in [5.74, 6) is 0. The van der Waals surface area contributed by atoms with Crippen LogP contribution in [0.5, 0.6) is 0 Å². The van der Waals surface area contributed by atoms with Crippen molar-refractivity contribution in [2.45, 2.75) is 12.8 Å². The highest BCUT2D eigenvalue weighted by Gasteiger charge is 2.39. The normalized spacial score (nSPS) is 11.8. The van der Waals surface area contributed by atoms with Gasteiger partial charge in [0, 0.05) is 0 Å². The molecule has 1 N–H and O–H groups in total. The third-order valence-corrected chi connectivity index (χ3v) is 3.23. The Morgan fingerprint density at radius 1 is 1.22 bits per heavy atom. The zero-order chi connectivity index (χ0) is 13.3. The van der Waals surface area contributed by atoms with Gasteiger partial charge in [0.25, 0.3) is 0 Å². The van der Waals surface area contributed by atoms with E-state index >= 15 is 0 Å². The van der Waals surface area contributed by atoms with Gasteiger partial charge in [0.15, 0.2) is 0 Å². The Morgan fingerprint density at radius 3 is 2.33 bits per heavy atom. The van der Waals surface area contributed by atoms with Crippen LogP contribution in [-0.4, -0.2) is 9.67 Å². The van der Waals surface area contributed by atoms with Crippen LogP contribution < -0.4 is 4.87 Å². The standard InChI is InChI=1S/C11H8F3NO2S/c12-11(13,14)9-8(6-16)18-10(17)15(9)7-4-2-1-3-5-7/h1-5,16H,6H2. The van der Waals surface area contributed by atoms with Gasteiger partial charge in [-0.2, -0.15) is 13.2 Å². The summed E-state index contributed by atoms with van der Waals surface area (Å²) in [5.41, 5.74) is -0.975. The zero-order valence-corrected chi connectivity index (χ0v) is 9.76. The van der Waals surface area contributed by atoms with Gasteiger partial charge in [-0.15, -0.1) is 0 Å². The van der Waals surface area contributed by atoms with Crippen molar-refractivity contribution in [3.05, 3.63) is 50.6 Å². The number of halogens is 3. The minimum atomic E-state index is -4.69. The van der Waals surface area contributed by atoms with E-state index in [9.17, 15) is 18.0 Å². The lowest BCUT2D eigenvalue weighted by atomic mass is 10.3. The first-order chi connectivity index (χ1) is 8.45. The van der Waals surface area contributed by atoms with Crippen LogP contribution in [0.4, 0.5) is 13.2 Å². The van der Waals surface area contributed by atoms with Crippen molar-refractivity contribution >= 4 is 11.3 Å². The quantitative estimate of drug-likeness (QED) is 0.914. The molecule has 0 atom stereocenters. The van der Waals surface area contributed by atoms with Gasteiger partial charge >= 0.3 is 11.0 Å². The summed E-state index contributed by atoms with van der Waals surface area (Å²) in [7, 11) is 0. The highest BCUT2D eigenvalue weighted by atomic mass is 32.1. The molecule has 0 amide bonds. The number of thiazole rings is 1. The minimum absolute atomic E-state index is 0.130. The first-order valence-electron chi connectivity index (χ1n) is 4.93. The number of nitrogens with zero attached hydrogens (tertiary/aromatic N) is 1. The Bertz CT molecular complexity index is 601. The molecule has 0 aliphatic rings. The molecule has 0 aliphatic heterocycles. The Labute approximate surface area is 104 Å². The SMILES string of the molecule is O=c1sc(CO)c(C(F)(F)F)n1-c1ccccc1. The second-order valence-corrected chi connectivity index (χ2v) is 4.51. The highest BCUT2D eigenvalue weighted by Crippen LogP contribution is 2.34. The van der Waals surface area contributed by atoms with E-state index in [2.05, 4.69) is 0 Å². The topological polar surface area (TPSA) is 42.2 Å². The summed E-state index contributed by atoms with van der Waals surface area (Å²) in [5, 5.41) is 8.92. The van der Waals surface area contributed by atoms with Gasteiger partial charge in [0.1, 0.15) is 5.69 Å². The fraction of sp³-hybridized carbons (Fsp3) is 0.182. The lowest BCUT2D eigenvalue weighted by Gasteiger charge is -2.11. The van der Waals surface area contributed by atoms with Crippen molar-refractivity contribution in [2.75, 3.05) is 0 Å². The van der Waals surface area contributed by atoms with Crippen molar-refractivity contribution in [1.29, 1.82) is 0 Å². The van der Waals surface area contributed by atoms with Crippen LogP contribution in [0.1, 0.15) is 10.6 Å². The molecule has 0 bridgehead atoms. The number of aliphatic hydroxyl groups is 1. The first-order valence-corrected chi connectivity index (χ1v) is 5.75. The van der Waals surface area contributed by atoms with E-state index in [-0.39, 0.29) is 10.6 Å². The van der Waals surface area contributed by atoms with Gasteiger partial charge in [0.2, 0.25) is 0 Å². The molecule has 3 nitrogen and oxygen atoms in total. The number of hydrogen-bond acceptors (Lipinski definition) is 3. The van der Waals surface area contributed by atoms with Gasteiger partial charge in [-0.05, 0) is 12.1 Å². The summed E-state index contributed by atoms with van der Waals surface area (Å²) in [6.45, 7) is -0.811. The van der Waals surface area contributed by atoms with Crippen LogP contribution in [0.25, 0.3) is 5.69 Å². The summed E-state index contributed by atoms with van der Waals surface area (Å²) in [6, 6.07) is 7.53. The molecule has 0 unspecified atom stereocenters. The lowest BCUT2D eigenvalue weighted by molar-refractivity contribution is -0.143. The molecule has 0 saturated carbocycles. The number of alkyl halides is 3. The maximum atomic E-state index is 12.9. The van der Waals surface area contributed by atoms with E-state index in [1.165, 1.54) is 24.3 Å². The molecule has 0 fully saturated rings. The zero-order valence-electron chi connectivity index (χ0n) is 8.94. The molecule has 96 valence electrons. The Hall–Kier alpha value is -1.60. The van der Waals surface area contributed by atoms with E-state index in [1.807, 2.05) is 0 Å². The molecule has 0 radical (unpaired) electrons. The van der Waals surface area contributed by atoms with E-state index in [0.717, 1.165) is 0 Å². The molecular weight excluding hydrogens is 267 g/mol. The molecule has 18 heavy (non-hydrogen) atoms. The van der Waals surface area contributed by atoms with Crippen LogP contribution in [-0.2, 0) is 12.8 Å². The van der Waals surface area contributed by atoms with Crippen LogP contribution in [0.3, 0.4) is 0 Å². The van der Waals surface area contributed by atoms with Gasteiger partial charge in [-0.3, -0.25) is 9.36 Å². The van der Waals surface area contributed by atoms with Crippen molar-refractivity contribution in [2.24, 2.45) is 0 Å². The third-order valence-electron chi connectivity index (χ3n) is 2.31. The molecule has 2 rings (SSSR count). The minimum Gasteiger partial charge on any atom is -0.391 e. The van der Waals surface area contributed by atoms with Crippen molar-refractivity contribution in [3.8, 4) is 5.69 Å². The van der Waals surface area contributed by atoms with Crippen LogP contribution >= 0.6 is 11.3 Å². The maximum absolute atomic E-state index is 12.9. The highest BCUT2D eigenvalue weighted by molar-refractivity contribution is 7.09. The van der Waals surface area contributed by atoms with Crippen molar-refractivity contribution in [1.82, 2.24) is 4.57 Å². The Kier molecular flexibility index (Phi) is 3.27. The molecule has 7 heteroatoms. The Balaban J connectivity index is 2.75. The predicted molar refractivity (Wildman–Crippen MR) is 60.8 cm³/mol. The maximum Gasteiger partial charge on any atom is 0.433 e. The number of aromatic nitrogens is 1. The molecule has 0 saturated heterocycles. The molecular formula is C11H8F3NO2S. The van der Waals surface area contributed by atoms with Gasteiger partial charge in [-0.1, -0.05) is 29.5 Å². The van der Waals surface area contributed by atoms with Crippen molar-refractivity contribution in [3.63, 3.8) is 0 Å². The number of para-hydroxylation sites is 1. The smallest absolute Gasteiger partial charge is 0.391 e. The predicted octanol–water partition coefficient (Wildman–Crippen LogP) is 2.41. The largest absolute Gasteiger partial charge is 0.433 e. The van der Waals surface area contributed by atoms with E-state index in [0.29, 0.717) is 15.9 Å². The van der Waals surface area contributed by atoms with Crippen LogP contribution in [0.2, 0.25) is 0 Å². The van der Waals surface area contributed by atoms with Gasteiger partial charge in [-0.25, -0.2) is 0 Å². The molecule has 0 spiro atoms. The Morgan fingerprint density at radius 2 is 1.83 bits per heavy atom. The second-order valence-electron chi connectivity index (χ2n) is 3.47. The number of hydrogen-bond donors (Lipinski definition) is 1. The number of rotatable bonds is 2. The molecule has 1 aromatic carbocycles. The monoisotopic (exact) mass is 275 g/mol. The molecule has 1 heterocycles. The fourth-order valence-electron chi connectivity index (χ4n) is 1.62. The molecule has 0 aliphatic carbocycles. The summed E-state index contributed by atoms with van der Waals surface area (Å²) in [4.78, 5) is 10.5. The molecule has 2 aromatic rings.